The van der Waals surface area contributed by atoms with Crippen molar-refractivity contribution in [3.05, 3.63) is 5.82 Å². The van der Waals surface area contributed by atoms with E-state index in [4.69, 9.17) is 4.74 Å². The number of tetrazole rings is 1. The molecule has 6 nitrogen and oxygen atoms in total. The molecule has 0 bridgehead atoms. The van der Waals surface area contributed by atoms with Gasteiger partial charge in [-0.05, 0) is 37.4 Å². The number of aromatic nitrogens is 4. The molecule has 1 saturated heterocycles. The van der Waals surface area contributed by atoms with Crippen molar-refractivity contribution in [3.63, 3.8) is 0 Å². The van der Waals surface area contributed by atoms with Crippen LogP contribution in [0.2, 0.25) is 0 Å². The average Bonchev–Trinajstić information content (AvgIpc) is 2.98. The third kappa shape index (κ3) is 2.14. The summed E-state index contributed by atoms with van der Waals surface area (Å²) in [7, 11) is 3.82. The maximum absolute atomic E-state index is 6.00. The van der Waals surface area contributed by atoms with Crippen LogP contribution in [-0.2, 0) is 18.2 Å². The Labute approximate surface area is 107 Å². The van der Waals surface area contributed by atoms with Gasteiger partial charge in [0.05, 0.1) is 13.2 Å². The number of rotatable bonds is 5. The zero-order valence-electron chi connectivity index (χ0n) is 11.1. The van der Waals surface area contributed by atoms with Gasteiger partial charge in [-0.3, -0.25) is 0 Å². The van der Waals surface area contributed by atoms with Crippen molar-refractivity contribution in [2.75, 3.05) is 20.2 Å². The molecule has 6 heteroatoms. The van der Waals surface area contributed by atoms with Gasteiger partial charge in [-0.1, -0.05) is 0 Å². The Morgan fingerprint density at radius 1 is 1.50 bits per heavy atom. The van der Waals surface area contributed by atoms with Crippen LogP contribution < -0.4 is 5.32 Å². The first-order valence-corrected chi connectivity index (χ1v) is 6.73. The molecular weight excluding hydrogens is 230 g/mol. The van der Waals surface area contributed by atoms with Crippen molar-refractivity contribution in [2.45, 2.75) is 31.8 Å². The Kier molecular flexibility index (Phi) is 3.07. The lowest BCUT2D eigenvalue weighted by Gasteiger charge is -2.33. The van der Waals surface area contributed by atoms with Crippen molar-refractivity contribution in [3.8, 4) is 0 Å². The van der Waals surface area contributed by atoms with Gasteiger partial charge in [-0.25, -0.2) is 0 Å². The number of nitrogens with one attached hydrogen (secondary N) is 1. The van der Waals surface area contributed by atoms with Crippen molar-refractivity contribution < 1.29 is 4.74 Å². The Balaban J connectivity index is 1.81. The molecule has 100 valence electrons. The van der Waals surface area contributed by atoms with Gasteiger partial charge < -0.3 is 10.1 Å². The molecule has 1 aliphatic heterocycles. The fourth-order valence-electron chi connectivity index (χ4n) is 3.24. The summed E-state index contributed by atoms with van der Waals surface area (Å²) in [6.45, 7) is 1.83. The molecular formula is C12H21N5O. The summed E-state index contributed by atoms with van der Waals surface area (Å²) in [6, 6.07) is 0. The zero-order valence-corrected chi connectivity index (χ0v) is 11.1. The number of ether oxygens (including phenoxy) is 1. The second-order valence-corrected chi connectivity index (χ2v) is 5.64. The van der Waals surface area contributed by atoms with Crippen molar-refractivity contribution >= 4 is 0 Å². The molecule has 1 saturated carbocycles. The highest BCUT2D eigenvalue weighted by Crippen LogP contribution is 2.48. The molecule has 1 aromatic heterocycles. The molecule has 0 radical (unpaired) electrons. The van der Waals surface area contributed by atoms with Gasteiger partial charge >= 0.3 is 0 Å². The Morgan fingerprint density at radius 2 is 2.33 bits per heavy atom. The van der Waals surface area contributed by atoms with Crippen LogP contribution in [0.25, 0.3) is 0 Å². The van der Waals surface area contributed by atoms with Crippen LogP contribution in [0.5, 0.6) is 0 Å². The summed E-state index contributed by atoms with van der Waals surface area (Å²) in [6.07, 6.45) is 4.94. The molecule has 1 aromatic rings. The van der Waals surface area contributed by atoms with Crippen LogP contribution in [0.15, 0.2) is 0 Å². The molecule has 1 N–H and O–H groups in total. The van der Waals surface area contributed by atoms with E-state index < -0.39 is 0 Å². The largest absolute Gasteiger partial charge is 0.377 e. The first kappa shape index (κ1) is 12.0. The van der Waals surface area contributed by atoms with E-state index >= 15 is 0 Å². The standard InChI is InChI=1S/C12H21N5O/c1-13-8-12(7-10-14-16-17(2)15-10)5-6-18-11(12)9-3-4-9/h9,11,13H,3-8H2,1-2H3. The van der Waals surface area contributed by atoms with E-state index in [-0.39, 0.29) is 5.41 Å². The Morgan fingerprint density at radius 3 is 2.94 bits per heavy atom. The van der Waals surface area contributed by atoms with Gasteiger partial charge in [0.25, 0.3) is 0 Å². The van der Waals surface area contributed by atoms with Gasteiger partial charge in [-0.2, -0.15) is 4.80 Å². The minimum Gasteiger partial charge on any atom is -0.377 e. The molecule has 18 heavy (non-hydrogen) atoms. The minimum atomic E-state index is 0.152. The van der Waals surface area contributed by atoms with Crippen LogP contribution in [0.3, 0.4) is 0 Å². The van der Waals surface area contributed by atoms with E-state index in [1.165, 1.54) is 17.6 Å². The quantitative estimate of drug-likeness (QED) is 0.807. The molecule has 2 aliphatic rings. The van der Waals surface area contributed by atoms with Crippen LogP contribution in [0, 0.1) is 11.3 Å². The highest BCUT2D eigenvalue weighted by atomic mass is 16.5. The molecule has 2 atom stereocenters. The van der Waals surface area contributed by atoms with Crippen molar-refractivity contribution in [1.29, 1.82) is 0 Å². The maximum Gasteiger partial charge on any atom is 0.175 e. The molecule has 0 amide bonds. The topological polar surface area (TPSA) is 64.9 Å². The lowest BCUT2D eigenvalue weighted by Crippen LogP contribution is -2.43. The zero-order chi connectivity index (χ0) is 12.6. The SMILES string of the molecule is CNCC1(Cc2nnn(C)n2)CCOC1C1CC1. The minimum absolute atomic E-state index is 0.152. The van der Waals surface area contributed by atoms with E-state index in [2.05, 4.69) is 20.7 Å². The molecule has 3 rings (SSSR count). The summed E-state index contributed by atoms with van der Waals surface area (Å²) in [5.74, 6) is 1.58. The second kappa shape index (κ2) is 4.59. The van der Waals surface area contributed by atoms with E-state index in [0.717, 1.165) is 37.7 Å². The third-order valence-electron chi connectivity index (χ3n) is 4.14. The van der Waals surface area contributed by atoms with Gasteiger partial charge in [-0.15, -0.1) is 10.2 Å². The molecule has 2 unspecified atom stereocenters. The molecule has 2 heterocycles. The predicted octanol–water partition coefficient (Wildman–Crippen LogP) is 0.157. The smallest absolute Gasteiger partial charge is 0.175 e. The van der Waals surface area contributed by atoms with Crippen LogP contribution >= 0.6 is 0 Å². The highest BCUT2D eigenvalue weighted by molar-refractivity contribution is 5.04. The highest BCUT2D eigenvalue weighted by Gasteiger charge is 2.51. The third-order valence-corrected chi connectivity index (χ3v) is 4.14. The number of aryl methyl sites for hydroxylation is 1. The number of hydrogen-bond acceptors (Lipinski definition) is 5. The lowest BCUT2D eigenvalue weighted by atomic mass is 9.75. The molecule has 1 aliphatic carbocycles. The first-order valence-electron chi connectivity index (χ1n) is 6.73. The van der Waals surface area contributed by atoms with Crippen LogP contribution in [-0.4, -0.2) is 46.5 Å². The molecule has 2 fully saturated rings. The number of nitrogens with zero attached hydrogens (tertiary/aromatic N) is 4. The van der Waals surface area contributed by atoms with Gasteiger partial charge in [0.1, 0.15) is 0 Å². The van der Waals surface area contributed by atoms with Gasteiger partial charge in [0.15, 0.2) is 5.82 Å². The number of hydrogen-bond donors (Lipinski definition) is 1. The first-order chi connectivity index (χ1) is 8.73. The van der Waals surface area contributed by atoms with E-state index in [9.17, 15) is 0 Å². The summed E-state index contributed by atoms with van der Waals surface area (Å²) < 4.78 is 6.00. The average molecular weight is 251 g/mol. The summed E-state index contributed by atoms with van der Waals surface area (Å²) >= 11 is 0. The van der Waals surface area contributed by atoms with Crippen LogP contribution in [0.1, 0.15) is 25.1 Å². The fraction of sp³-hybridized carbons (Fsp3) is 0.917. The van der Waals surface area contributed by atoms with E-state index in [1.54, 1.807) is 0 Å². The Bertz CT molecular complexity index is 416. The molecule has 0 spiro atoms. The predicted molar refractivity (Wildman–Crippen MR) is 65.9 cm³/mol. The van der Waals surface area contributed by atoms with Crippen molar-refractivity contribution in [1.82, 2.24) is 25.5 Å². The lowest BCUT2D eigenvalue weighted by molar-refractivity contribution is 0.0305. The summed E-state index contributed by atoms with van der Waals surface area (Å²) in [5, 5.41) is 15.7. The van der Waals surface area contributed by atoms with Gasteiger partial charge in [0, 0.05) is 25.0 Å². The Hall–Kier alpha value is -1.01. The van der Waals surface area contributed by atoms with Gasteiger partial charge in [0.2, 0.25) is 0 Å². The van der Waals surface area contributed by atoms with Crippen LogP contribution in [0.4, 0.5) is 0 Å². The maximum atomic E-state index is 6.00. The summed E-state index contributed by atoms with van der Waals surface area (Å²) in [5.41, 5.74) is 0.152. The van der Waals surface area contributed by atoms with E-state index in [0.29, 0.717) is 6.10 Å². The monoisotopic (exact) mass is 251 g/mol. The second-order valence-electron chi connectivity index (χ2n) is 5.64. The fourth-order valence-corrected chi connectivity index (χ4v) is 3.24. The normalized spacial score (nSPS) is 32.0. The summed E-state index contributed by atoms with van der Waals surface area (Å²) in [4.78, 5) is 1.53. The molecule has 0 aromatic carbocycles. The van der Waals surface area contributed by atoms with E-state index in [1.807, 2.05) is 14.1 Å². The van der Waals surface area contributed by atoms with Crippen molar-refractivity contribution in [2.24, 2.45) is 18.4 Å².